The maximum absolute atomic E-state index is 12.3. The van der Waals surface area contributed by atoms with Crippen molar-refractivity contribution in [2.24, 2.45) is 0 Å². The highest BCUT2D eigenvalue weighted by molar-refractivity contribution is 5.89. The van der Waals surface area contributed by atoms with Gasteiger partial charge in [0.15, 0.2) is 0 Å². The van der Waals surface area contributed by atoms with Gasteiger partial charge in [-0.05, 0) is 37.1 Å². The van der Waals surface area contributed by atoms with Gasteiger partial charge >= 0.3 is 12.1 Å². The standard InChI is InChI=1S/C12H11F3O2/c1-7-5-9(3-4-10(7)11(16)17)6-8(2)12(13,14)15/h3-6H,1-2H3,(H,16,17)/b8-6-. The van der Waals surface area contributed by atoms with Gasteiger partial charge in [-0.15, -0.1) is 0 Å². The first-order chi connectivity index (χ1) is 7.71. The number of carbonyl (C=O) groups is 1. The molecule has 0 spiro atoms. The number of carboxylic acid groups (broad SMARTS) is 1. The van der Waals surface area contributed by atoms with Crippen molar-refractivity contribution in [2.45, 2.75) is 20.0 Å². The van der Waals surface area contributed by atoms with Gasteiger partial charge in [0.2, 0.25) is 0 Å². The largest absolute Gasteiger partial charge is 0.478 e. The molecule has 2 nitrogen and oxygen atoms in total. The van der Waals surface area contributed by atoms with Crippen LogP contribution in [0.4, 0.5) is 13.2 Å². The van der Waals surface area contributed by atoms with E-state index in [9.17, 15) is 18.0 Å². The summed E-state index contributed by atoms with van der Waals surface area (Å²) in [7, 11) is 0. The Morgan fingerprint density at radius 1 is 1.35 bits per heavy atom. The van der Waals surface area contributed by atoms with E-state index in [1.165, 1.54) is 18.2 Å². The molecule has 0 radical (unpaired) electrons. The Hall–Kier alpha value is -1.78. The van der Waals surface area contributed by atoms with Crippen LogP contribution in [0.15, 0.2) is 23.8 Å². The van der Waals surface area contributed by atoms with Gasteiger partial charge in [-0.3, -0.25) is 0 Å². The summed E-state index contributed by atoms with van der Waals surface area (Å²) in [4.78, 5) is 10.7. The van der Waals surface area contributed by atoms with Crippen molar-refractivity contribution < 1.29 is 23.1 Å². The lowest BCUT2D eigenvalue weighted by molar-refractivity contribution is -0.0903. The van der Waals surface area contributed by atoms with E-state index in [-0.39, 0.29) is 5.56 Å². The molecule has 0 aliphatic heterocycles. The quantitative estimate of drug-likeness (QED) is 0.862. The lowest BCUT2D eigenvalue weighted by atomic mass is 10.0. The van der Waals surface area contributed by atoms with Crippen LogP contribution in [0.25, 0.3) is 6.08 Å². The van der Waals surface area contributed by atoms with E-state index in [4.69, 9.17) is 5.11 Å². The lowest BCUT2D eigenvalue weighted by Gasteiger charge is -2.07. The van der Waals surface area contributed by atoms with Gasteiger partial charge < -0.3 is 5.11 Å². The molecular weight excluding hydrogens is 233 g/mol. The highest BCUT2D eigenvalue weighted by Crippen LogP contribution is 2.27. The molecule has 0 fully saturated rings. The van der Waals surface area contributed by atoms with Crippen LogP contribution in [0.2, 0.25) is 0 Å². The summed E-state index contributed by atoms with van der Waals surface area (Å²) in [5.41, 5.74) is 0.135. The van der Waals surface area contributed by atoms with Crippen molar-refractivity contribution in [3.8, 4) is 0 Å². The van der Waals surface area contributed by atoms with E-state index in [1.807, 2.05) is 0 Å². The molecule has 1 aromatic rings. The number of carboxylic acids is 1. The number of rotatable bonds is 2. The number of halogens is 3. The minimum absolute atomic E-state index is 0.0896. The summed E-state index contributed by atoms with van der Waals surface area (Å²) < 4.78 is 36.8. The molecule has 5 heteroatoms. The first-order valence-corrected chi connectivity index (χ1v) is 4.81. The molecule has 0 aromatic heterocycles. The number of benzene rings is 1. The second-order valence-electron chi connectivity index (χ2n) is 3.70. The summed E-state index contributed by atoms with van der Waals surface area (Å²) in [5.74, 6) is -1.09. The van der Waals surface area contributed by atoms with Crippen LogP contribution in [0.3, 0.4) is 0 Å². The van der Waals surface area contributed by atoms with Crippen LogP contribution in [0.1, 0.15) is 28.4 Å². The Bertz CT molecular complexity index is 473. The van der Waals surface area contributed by atoms with Crippen LogP contribution in [0.5, 0.6) is 0 Å². The summed E-state index contributed by atoms with van der Waals surface area (Å²) >= 11 is 0. The van der Waals surface area contributed by atoms with Crippen molar-refractivity contribution in [3.63, 3.8) is 0 Å². The van der Waals surface area contributed by atoms with Crippen molar-refractivity contribution >= 4 is 12.0 Å². The van der Waals surface area contributed by atoms with Gasteiger partial charge in [-0.25, -0.2) is 4.79 Å². The highest BCUT2D eigenvalue weighted by atomic mass is 19.4. The van der Waals surface area contributed by atoms with E-state index >= 15 is 0 Å². The number of alkyl halides is 3. The van der Waals surface area contributed by atoms with Gasteiger partial charge in [0, 0.05) is 5.57 Å². The maximum atomic E-state index is 12.3. The Labute approximate surface area is 96.4 Å². The number of aromatic carboxylic acids is 1. The SMILES string of the molecule is C/C(=C/c1ccc(C(=O)O)c(C)c1)C(F)(F)F. The zero-order valence-corrected chi connectivity index (χ0v) is 9.30. The first kappa shape index (κ1) is 13.3. The average Bonchev–Trinajstić information content (AvgIpc) is 2.15. The third kappa shape index (κ3) is 3.34. The van der Waals surface area contributed by atoms with Crippen molar-refractivity contribution in [1.82, 2.24) is 0 Å². The van der Waals surface area contributed by atoms with E-state index in [0.29, 0.717) is 11.1 Å². The van der Waals surface area contributed by atoms with Crippen LogP contribution < -0.4 is 0 Å². The summed E-state index contributed by atoms with van der Waals surface area (Å²) in [6.07, 6.45) is -3.38. The second kappa shape index (κ2) is 4.61. The third-order valence-corrected chi connectivity index (χ3v) is 2.31. The molecule has 0 aliphatic rings. The Kier molecular flexibility index (Phi) is 3.60. The Balaban J connectivity index is 3.12. The molecule has 0 saturated heterocycles. The molecule has 0 amide bonds. The molecule has 0 unspecified atom stereocenters. The highest BCUT2D eigenvalue weighted by Gasteiger charge is 2.29. The normalized spacial score (nSPS) is 12.6. The second-order valence-corrected chi connectivity index (χ2v) is 3.70. The van der Waals surface area contributed by atoms with Gasteiger partial charge in [0.05, 0.1) is 5.56 Å². The molecule has 0 bridgehead atoms. The third-order valence-electron chi connectivity index (χ3n) is 2.31. The predicted molar refractivity (Wildman–Crippen MR) is 57.8 cm³/mol. The monoisotopic (exact) mass is 244 g/mol. The van der Waals surface area contributed by atoms with E-state index < -0.39 is 17.7 Å². The number of hydrogen-bond acceptors (Lipinski definition) is 1. The minimum Gasteiger partial charge on any atom is -0.478 e. The fourth-order valence-corrected chi connectivity index (χ4v) is 1.35. The van der Waals surface area contributed by atoms with Crippen molar-refractivity contribution in [3.05, 3.63) is 40.5 Å². The minimum atomic E-state index is -4.36. The molecule has 0 aliphatic carbocycles. The molecule has 92 valence electrons. The Morgan fingerprint density at radius 3 is 2.35 bits per heavy atom. The molecule has 17 heavy (non-hydrogen) atoms. The summed E-state index contributed by atoms with van der Waals surface area (Å²) in [6, 6.07) is 4.07. The molecule has 1 aromatic carbocycles. The van der Waals surface area contributed by atoms with Gasteiger partial charge in [0.25, 0.3) is 0 Å². The van der Waals surface area contributed by atoms with Crippen molar-refractivity contribution in [1.29, 1.82) is 0 Å². The van der Waals surface area contributed by atoms with Crippen LogP contribution in [-0.2, 0) is 0 Å². The van der Waals surface area contributed by atoms with E-state index in [0.717, 1.165) is 13.0 Å². The molecule has 0 atom stereocenters. The zero-order valence-electron chi connectivity index (χ0n) is 9.30. The number of hydrogen-bond donors (Lipinski definition) is 1. The molecular formula is C12H11F3O2. The fraction of sp³-hybridized carbons (Fsp3) is 0.250. The predicted octanol–water partition coefficient (Wildman–Crippen LogP) is 3.66. The number of aryl methyl sites for hydroxylation is 1. The Morgan fingerprint density at radius 2 is 1.94 bits per heavy atom. The van der Waals surface area contributed by atoms with Gasteiger partial charge in [0.1, 0.15) is 0 Å². The lowest BCUT2D eigenvalue weighted by Crippen LogP contribution is -2.08. The maximum Gasteiger partial charge on any atom is 0.412 e. The molecule has 0 heterocycles. The topological polar surface area (TPSA) is 37.3 Å². The van der Waals surface area contributed by atoms with Crippen molar-refractivity contribution in [2.75, 3.05) is 0 Å². The fourth-order valence-electron chi connectivity index (χ4n) is 1.35. The first-order valence-electron chi connectivity index (χ1n) is 4.81. The number of allylic oxidation sites excluding steroid dienone is 1. The van der Waals surface area contributed by atoms with Gasteiger partial charge in [-0.1, -0.05) is 12.1 Å². The summed E-state index contributed by atoms with van der Waals surface area (Å²) in [6.45, 7) is 2.52. The van der Waals surface area contributed by atoms with Gasteiger partial charge in [-0.2, -0.15) is 13.2 Å². The molecule has 0 saturated carbocycles. The average molecular weight is 244 g/mol. The van der Waals surface area contributed by atoms with Crippen LogP contribution in [-0.4, -0.2) is 17.3 Å². The van der Waals surface area contributed by atoms with Crippen LogP contribution in [0, 0.1) is 6.92 Å². The van der Waals surface area contributed by atoms with Crippen LogP contribution >= 0.6 is 0 Å². The van der Waals surface area contributed by atoms with E-state index in [1.54, 1.807) is 6.92 Å². The molecule has 1 rings (SSSR count). The smallest absolute Gasteiger partial charge is 0.412 e. The van der Waals surface area contributed by atoms with E-state index in [2.05, 4.69) is 0 Å². The zero-order chi connectivity index (χ0) is 13.2. The molecule has 1 N–H and O–H groups in total. The summed E-state index contributed by atoms with van der Waals surface area (Å²) in [5, 5.41) is 8.77.